The Labute approximate surface area is 131 Å². The third-order valence-corrected chi connectivity index (χ3v) is 3.90. The van der Waals surface area contributed by atoms with Gasteiger partial charge in [0.25, 0.3) is 0 Å². The second kappa shape index (κ2) is 5.87. The van der Waals surface area contributed by atoms with E-state index in [2.05, 4.69) is 20.3 Å². The average molecular weight is 346 g/mol. The molecular weight excluding hydrogens is 330 g/mol. The van der Waals surface area contributed by atoms with Crippen molar-refractivity contribution >= 4 is 21.6 Å². The molecule has 0 saturated carbocycles. The van der Waals surface area contributed by atoms with E-state index >= 15 is 0 Å². The molecule has 1 aromatic carbocycles. The van der Waals surface area contributed by atoms with Gasteiger partial charge in [-0.1, -0.05) is 0 Å². The first-order valence-corrected chi connectivity index (χ1v) is 7.53. The molecule has 3 aromatic rings. The van der Waals surface area contributed by atoms with Crippen molar-refractivity contribution in [2.24, 2.45) is 5.73 Å². The van der Waals surface area contributed by atoms with Crippen LogP contribution in [0.3, 0.4) is 0 Å². The van der Waals surface area contributed by atoms with Crippen LogP contribution < -0.4 is 10.5 Å². The van der Waals surface area contributed by atoms with Gasteiger partial charge in [-0.2, -0.15) is 0 Å². The molecule has 2 heterocycles. The van der Waals surface area contributed by atoms with E-state index in [-0.39, 0.29) is 0 Å². The first kappa shape index (κ1) is 14.1. The summed E-state index contributed by atoms with van der Waals surface area (Å²) in [4.78, 5) is 4.74. The van der Waals surface area contributed by atoms with Crippen LogP contribution in [0.1, 0.15) is 5.69 Å². The molecule has 0 aliphatic rings. The van der Waals surface area contributed by atoms with Crippen molar-refractivity contribution in [2.45, 2.75) is 6.42 Å². The van der Waals surface area contributed by atoms with Gasteiger partial charge in [0, 0.05) is 22.7 Å². The normalized spacial score (nSPS) is 11.0. The predicted octanol–water partition coefficient (Wildman–Crippen LogP) is 3.27. The average Bonchev–Trinajstić information content (AvgIpc) is 2.86. The fraction of sp³-hybridized carbons (Fsp3) is 0.188. The zero-order valence-electron chi connectivity index (χ0n) is 11.7. The molecule has 0 aliphatic carbocycles. The van der Waals surface area contributed by atoms with E-state index in [1.54, 1.807) is 7.11 Å². The number of nitrogens with zero attached hydrogens (tertiary/aromatic N) is 2. The summed E-state index contributed by atoms with van der Waals surface area (Å²) in [7, 11) is 1.66. The lowest BCUT2D eigenvalue weighted by Crippen LogP contribution is -2.06. The van der Waals surface area contributed by atoms with Crippen molar-refractivity contribution in [1.82, 2.24) is 9.38 Å². The van der Waals surface area contributed by atoms with E-state index in [9.17, 15) is 0 Å². The third-order valence-electron chi connectivity index (χ3n) is 3.43. The molecule has 0 amide bonds. The van der Waals surface area contributed by atoms with Gasteiger partial charge in [-0.3, -0.25) is 0 Å². The van der Waals surface area contributed by atoms with Crippen molar-refractivity contribution in [1.29, 1.82) is 0 Å². The summed E-state index contributed by atoms with van der Waals surface area (Å²) < 4.78 is 8.32. The van der Waals surface area contributed by atoms with Gasteiger partial charge in [0.15, 0.2) is 0 Å². The quantitative estimate of drug-likeness (QED) is 0.789. The largest absolute Gasteiger partial charge is 0.497 e. The fourth-order valence-corrected chi connectivity index (χ4v) is 2.76. The van der Waals surface area contributed by atoms with Gasteiger partial charge in [0.2, 0.25) is 0 Å². The number of benzene rings is 1. The molecule has 2 aromatic heterocycles. The molecule has 0 unspecified atom stereocenters. The smallest absolute Gasteiger partial charge is 0.137 e. The summed E-state index contributed by atoms with van der Waals surface area (Å²) in [5, 5.41) is 0. The lowest BCUT2D eigenvalue weighted by molar-refractivity contribution is 0.415. The second-order valence-electron chi connectivity index (χ2n) is 4.75. The van der Waals surface area contributed by atoms with Gasteiger partial charge in [-0.25, -0.2) is 4.98 Å². The molecule has 4 nitrogen and oxygen atoms in total. The Morgan fingerprint density at radius 3 is 2.62 bits per heavy atom. The van der Waals surface area contributed by atoms with Crippen LogP contribution in [0.25, 0.3) is 16.9 Å². The highest BCUT2D eigenvalue weighted by atomic mass is 79.9. The van der Waals surface area contributed by atoms with Crippen LogP contribution in [0.5, 0.6) is 5.75 Å². The van der Waals surface area contributed by atoms with Crippen LogP contribution in [0, 0.1) is 0 Å². The summed E-state index contributed by atoms with van der Waals surface area (Å²) in [6.45, 7) is 0.587. The molecule has 2 N–H and O–H groups in total. The topological polar surface area (TPSA) is 52.5 Å². The van der Waals surface area contributed by atoms with Gasteiger partial charge in [-0.05, 0) is 58.9 Å². The zero-order valence-corrected chi connectivity index (χ0v) is 13.3. The van der Waals surface area contributed by atoms with Crippen LogP contribution in [0.2, 0.25) is 0 Å². The van der Waals surface area contributed by atoms with Crippen molar-refractivity contribution in [3.63, 3.8) is 0 Å². The number of fused-ring (bicyclic) bond motifs is 1. The molecule has 0 fully saturated rings. The minimum absolute atomic E-state index is 0.587. The maximum Gasteiger partial charge on any atom is 0.137 e. The first-order chi connectivity index (χ1) is 10.2. The van der Waals surface area contributed by atoms with Crippen LogP contribution in [0.4, 0.5) is 0 Å². The number of pyridine rings is 1. The number of ether oxygens (including phenoxy) is 1. The van der Waals surface area contributed by atoms with E-state index in [0.29, 0.717) is 6.54 Å². The molecule has 0 spiro atoms. The van der Waals surface area contributed by atoms with Crippen LogP contribution in [0.15, 0.2) is 47.1 Å². The molecule has 5 heteroatoms. The van der Waals surface area contributed by atoms with Gasteiger partial charge in [-0.15, -0.1) is 0 Å². The molecule has 108 valence electrons. The Bertz CT molecular complexity index is 765. The Hall–Kier alpha value is -1.85. The van der Waals surface area contributed by atoms with Gasteiger partial charge in [0.05, 0.1) is 18.5 Å². The fourth-order valence-electron chi connectivity index (χ4n) is 2.42. The molecule has 0 saturated heterocycles. The van der Waals surface area contributed by atoms with Crippen LogP contribution in [-0.2, 0) is 6.42 Å². The maximum atomic E-state index is 5.77. The number of imidazole rings is 1. The molecule has 0 atom stereocenters. The van der Waals surface area contributed by atoms with Gasteiger partial charge < -0.3 is 14.9 Å². The molecule has 21 heavy (non-hydrogen) atoms. The SMILES string of the molecule is COc1ccc(-c2nc3ccc(Br)cn3c2CCN)cc1. The highest BCUT2D eigenvalue weighted by Crippen LogP contribution is 2.27. The lowest BCUT2D eigenvalue weighted by Gasteiger charge is -2.05. The first-order valence-electron chi connectivity index (χ1n) is 6.74. The second-order valence-corrected chi connectivity index (χ2v) is 5.67. The maximum absolute atomic E-state index is 5.77. The van der Waals surface area contributed by atoms with Crippen LogP contribution >= 0.6 is 15.9 Å². The lowest BCUT2D eigenvalue weighted by atomic mass is 10.1. The summed E-state index contributed by atoms with van der Waals surface area (Å²) in [6, 6.07) is 11.9. The number of halogens is 1. The Kier molecular flexibility index (Phi) is 3.94. The Balaban J connectivity index is 2.17. The Morgan fingerprint density at radius 2 is 1.95 bits per heavy atom. The number of nitrogens with two attached hydrogens (primary N) is 1. The van der Waals surface area contributed by atoms with E-state index in [1.165, 1.54) is 0 Å². The van der Waals surface area contributed by atoms with Crippen LogP contribution in [-0.4, -0.2) is 23.0 Å². The van der Waals surface area contributed by atoms with E-state index in [4.69, 9.17) is 15.5 Å². The van der Waals surface area contributed by atoms with E-state index in [0.717, 1.165) is 39.2 Å². The molecule has 0 radical (unpaired) electrons. The standard InChI is InChI=1S/C16H16BrN3O/c1-21-13-5-2-11(3-6-13)16-14(8-9-18)20-10-12(17)4-7-15(20)19-16/h2-7,10H,8-9,18H2,1H3. The van der Waals surface area contributed by atoms with Crippen molar-refractivity contribution in [3.8, 4) is 17.0 Å². The zero-order chi connectivity index (χ0) is 14.8. The summed E-state index contributed by atoms with van der Waals surface area (Å²) >= 11 is 3.51. The monoisotopic (exact) mass is 345 g/mol. The van der Waals surface area contributed by atoms with E-state index < -0.39 is 0 Å². The van der Waals surface area contributed by atoms with Gasteiger partial charge in [0.1, 0.15) is 11.4 Å². The predicted molar refractivity (Wildman–Crippen MR) is 87.6 cm³/mol. The van der Waals surface area contributed by atoms with Crippen molar-refractivity contribution in [2.75, 3.05) is 13.7 Å². The number of aromatic nitrogens is 2. The van der Waals surface area contributed by atoms with Crippen molar-refractivity contribution in [3.05, 3.63) is 52.8 Å². The highest BCUT2D eigenvalue weighted by Gasteiger charge is 2.13. The molecule has 3 rings (SSSR count). The van der Waals surface area contributed by atoms with Gasteiger partial charge >= 0.3 is 0 Å². The molecular formula is C16H16BrN3O. The number of methoxy groups -OCH3 is 1. The Morgan fingerprint density at radius 1 is 1.19 bits per heavy atom. The molecule has 0 aliphatic heterocycles. The summed E-state index contributed by atoms with van der Waals surface area (Å²) in [5.74, 6) is 0.839. The summed E-state index contributed by atoms with van der Waals surface area (Å²) in [6.07, 6.45) is 2.80. The number of hydrogen-bond donors (Lipinski definition) is 1. The third kappa shape index (κ3) is 2.66. The van der Waals surface area contributed by atoms with E-state index in [1.807, 2.05) is 42.6 Å². The highest BCUT2D eigenvalue weighted by molar-refractivity contribution is 9.10. The minimum Gasteiger partial charge on any atom is -0.497 e. The number of hydrogen-bond acceptors (Lipinski definition) is 3. The summed E-state index contributed by atoms with van der Waals surface area (Å²) in [5.41, 5.74) is 9.86. The van der Waals surface area contributed by atoms with Crippen molar-refractivity contribution < 1.29 is 4.74 Å². The molecule has 0 bridgehead atoms. The number of rotatable bonds is 4. The minimum atomic E-state index is 0.587.